The van der Waals surface area contributed by atoms with Gasteiger partial charge in [0.1, 0.15) is 6.33 Å². The Bertz CT molecular complexity index is 426. The summed E-state index contributed by atoms with van der Waals surface area (Å²) in [5, 5.41) is 10.3. The highest BCUT2D eigenvalue weighted by atomic mass is 16.3. The Morgan fingerprint density at radius 3 is 3.00 bits per heavy atom. The number of rotatable bonds is 1. The maximum absolute atomic E-state index is 9.34. The number of fused-ring (bicyclic) bond motifs is 1. The Kier molecular flexibility index (Phi) is 1.94. The molecule has 3 nitrogen and oxygen atoms in total. The number of nitrogens with zero attached hydrogens (tertiary/aromatic N) is 2. The van der Waals surface area contributed by atoms with Crippen LogP contribution in [0.4, 0.5) is 0 Å². The summed E-state index contributed by atoms with van der Waals surface area (Å²) in [6, 6.07) is 5.68. The van der Waals surface area contributed by atoms with E-state index in [4.69, 9.17) is 0 Å². The first kappa shape index (κ1) is 8.13. The molecule has 1 aromatic heterocycles. The van der Waals surface area contributed by atoms with E-state index in [-0.39, 0.29) is 0 Å². The van der Waals surface area contributed by atoms with Gasteiger partial charge in [-0.2, -0.15) is 0 Å². The zero-order valence-corrected chi connectivity index (χ0v) is 7.31. The molecule has 13 heavy (non-hydrogen) atoms. The van der Waals surface area contributed by atoms with Crippen molar-refractivity contribution in [1.82, 2.24) is 9.97 Å². The van der Waals surface area contributed by atoms with E-state index in [0.717, 1.165) is 16.5 Å². The second kappa shape index (κ2) is 3.11. The fourth-order valence-electron chi connectivity index (χ4n) is 1.25. The lowest BCUT2D eigenvalue weighted by Crippen LogP contribution is -1.91. The lowest BCUT2D eigenvalue weighted by molar-refractivity contribution is 0.199. The SMILES string of the molecule is CC(O)c1ccc2cncnc2c1. The van der Waals surface area contributed by atoms with Gasteiger partial charge in [0.15, 0.2) is 0 Å². The topological polar surface area (TPSA) is 46.0 Å². The molecule has 1 N–H and O–H groups in total. The number of aromatic nitrogens is 2. The monoisotopic (exact) mass is 174 g/mol. The highest BCUT2D eigenvalue weighted by Gasteiger charge is 2.01. The average molecular weight is 174 g/mol. The molecule has 0 bridgehead atoms. The second-order valence-corrected chi connectivity index (χ2v) is 3.02. The lowest BCUT2D eigenvalue weighted by atomic mass is 10.1. The van der Waals surface area contributed by atoms with E-state index in [1.807, 2.05) is 18.2 Å². The Morgan fingerprint density at radius 1 is 1.38 bits per heavy atom. The molecule has 1 heterocycles. The molecule has 0 saturated carbocycles. The Balaban J connectivity index is 2.62. The van der Waals surface area contributed by atoms with Gasteiger partial charge in [0.05, 0.1) is 11.6 Å². The molecule has 1 aromatic carbocycles. The quantitative estimate of drug-likeness (QED) is 0.715. The van der Waals surface area contributed by atoms with Crippen molar-refractivity contribution in [3.05, 3.63) is 36.3 Å². The van der Waals surface area contributed by atoms with Crippen LogP contribution in [0.2, 0.25) is 0 Å². The van der Waals surface area contributed by atoms with Crippen molar-refractivity contribution in [3.63, 3.8) is 0 Å². The highest BCUT2D eigenvalue weighted by Crippen LogP contribution is 2.17. The molecular formula is C10H10N2O. The second-order valence-electron chi connectivity index (χ2n) is 3.02. The molecule has 0 aliphatic carbocycles. The van der Waals surface area contributed by atoms with E-state index in [9.17, 15) is 5.11 Å². The number of aliphatic hydroxyl groups excluding tert-OH is 1. The third-order valence-electron chi connectivity index (χ3n) is 2.01. The summed E-state index contributed by atoms with van der Waals surface area (Å²) in [4.78, 5) is 8.02. The van der Waals surface area contributed by atoms with Gasteiger partial charge in [-0.3, -0.25) is 0 Å². The van der Waals surface area contributed by atoms with Crippen LogP contribution in [-0.4, -0.2) is 15.1 Å². The van der Waals surface area contributed by atoms with Crippen LogP contribution in [0.25, 0.3) is 10.9 Å². The maximum Gasteiger partial charge on any atom is 0.116 e. The molecule has 0 amide bonds. The predicted molar refractivity (Wildman–Crippen MR) is 50.2 cm³/mol. The number of hydrogen-bond donors (Lipinski definition) is 1. The minimum atomic E-state index is -0.445. The summed E-state index contributed by atoms with van der Waals surface area (Å²) in [7, 11) is 0. The standard InChI is InChI=1S/C10H10N2O/c1-7(13)8-2-3-9-5-11-6-12-10(9)4-8/h2-7,13H,1H3. The van der Waals surface area contributed by atoms with Crippen molar-refractivity contribution in [1.29, 1.82) is 0 Å². The van der Waals surface area contributed by atoms with Gasteiger partial charge in [-0.15, -0.1) is 0 Å². The summed E-state index contributed by atoms with van der Waals surface area (Å²) in [6.07, 6.45) is 2.82. The molecule has 1 unspecified atom stereocenters. The summed E-state index contributed by atoms with van der Waals surface area (Å²) in [5.74, 6) is 0. The van der Waals surface area contributed by atoms with E-state index in [1.165, 1.54) is 6.33 Å². The number of benzene rings is 1. The summed E-state index contributed by atoms with van der Waals surface area (Å²) < 4.78 is 0. The summed E-state index contributed by atoms with van der Waals surface area (Å²) in [5.41, 5.74) is 1.75. The van der Waals surface area contributed by atoms with E-state index in [0.29, 0.717) is 0 Å². The van der Waals surface area contributed by atoms with Crippen LogP contribution in [0.3, 0.4) is 0 Å². The van der Waals surface area contributed by atoms with Gasteiger partial charge in [0.2, 0.25) is 0 Å². The van der Waals surface area contributed by atoms with Crippen LogP contribution >= 0.6 is 0 Å². The van der Waals surface area contributed by atoms with Crippen LogP contribution in [-0.2, 0) is 0 Å². The normalized spacial score (nSPS) is 13.1. The zero-order valence-electron chi connectivity index (χ0n) is 7.31. The Hall–Kier alpha value is -1.48. The highest BCUT2D eigenvalue weighted by molar-refractivity contribution is 5.77. The molecule has 1 atom stereocenters. The maximum atomic E-state index is 9.34. The molecule has 0 radical (unpaired) electrons. The summed E-state index contributed by atoms with van der Waals surface area (Å²) in [6.45, 7) is 1.74. The van der Waals surface area contributed by atoms with Gasteiger partial charge < -0.3 is 5.11 Å². The van der Waals surface area contributed by atoms with Crippen LogP contribution in [0, 0.1) is 0 Å². The smallest absolute Gasteiger partial charge is 0.116 e. The van der Waals surface area contributed by atoms with Crippen molar-refractivity contribution in [2.75, 3.05) is 0 Å². The summed E-state index contributed by atoms with van der Waals surface area (Å²) >= 11 is 0. The van der Waals surface area contributed by atoms with E-state index >= 15 is 0 Å². The van der Waals surface area contributed by atoms with Gasteiger partial charge in [0, 0.05) is 11.6 Å². The molecule has 0 aliphatic heterocycles. The van der Waals surface area contributed by atoms with Gasteiger partial charge in [-0.1, -0.05) is 12.1 Å². The lowest BCUT2D eigenvalue weighted by Gasteiger charge is -2.04. The van der Waals surface area contributed by atoms with Crippen LogP contribution in [0.5, 0.6) is 0 Å². The molecule has 0 spiro atoms. The molecular weight excluding hydrogens is 164 g/mol. The molecule has 2 rings (SSSR count). The van der Waals surface area contributed by atoms with E-state index < -0.39 is 6.10 Å². The van der Waals surface area contributed by atoms with Crippen LogP contribution in [0.15, 0.2) is 30.7 Å². The van der Waals surface area contributed by atoms with Gasteiger partial charge in [-0.05, 0) is 18.6 Å². The van der Waals surface area contributed by atoms with Crippen LogP contribution < -0.4 is 0 Å². The van der Waals surface area contributed by atoms with Crippen LogP contribution in [0.1, 0.15) is 18.6 Å². The first-order valence-electron chi connectivity index (χ1n) is 4.15. The average Bonchev–Trinajstić information content (AvgIpc) is 2.17. The molecule has 0 saturated heterocycles. The molecule has 2 aromatic rings. The van der Waals surface area contributed by atoms with Gasteiger partial charge >= 0.3 is 0 Å². The minimum Gasteiger partial charge on any atom is -0.389 e. The Labute approximate surface area is 76.1 Å². The largest absolute Gasteiger partial charge is 0.389 e. The van der Waals surface area contributed by atoms with E-state index in [2.05, 4.69) is 9.97 Å². The van der Waals surface area contributed by atoms with Crippen molar-refractivity contribution < 1.29 is 5.11 Å². The van der Waals surface area contributed by atoms with Gasteiger partial charge in [0.25, 0.3) is 0 Å². The molecule has 0 aliphatic rings. The predicted octanol–water partition coefficient (Wildman–Crippen LogP) is 1.68. The van der Waals surface area contributed by atoms with Crippen molar-refractivity contribution in [2.24, 2.45) is 0 Å². The third-order valence-corrected chi connectivity index (χ3v) is 2.01. The van der Waals surface area contributed by atoms with Crippen molar-refractivity contribution >= 4 is 10.9 Å². The Morgan fingerprint density at radius 2 is 2.23 bits per heavy atom. The fraction of sp³-hybridized carbons (Fsp3) is 0.200. The van der Waals surface area contributed by atoms with E-state index in [1.54, 1.807) is 13.1 Å². The molecule has 0 fully saturated rings. The molecule has 3 heteroatoms. The zero-order chi connectivity index (χ0) is 9.26. The number of aliphatic hydroxyl groups is 1. The van der Waals surface area contributed by atoms with Crippen molar-refractivity contribution in [2.45, 2.75) is 13.0 Å². The minimum absolute atomic E-state index is 0.445. The first-order valence-corrected chi connectivity index (χ1v) is 4.15. The van der Waals surface area contributed by atoms with Gasteiger partial charge in [-0.25, -0.2) is 9.97 Å². The first-order chi connectivity index (χ1) is 6.27. The van der Waals surface area contributed by atoms with Crippen molar-refractivity contribution in [3.8, 4) is 0 Å². The fourth-order valence-corrected chi connectivity index (χ4v) is 1.25. The number of hydrogen-bond acceptors (Lipinski definition) is 3. The molecule has 66 valence electrons. The third kappa shape index (κ3) is 1.51.